The van der Waals surface area contributed by atoms with Crippen LogP contribution in [0, 0.1) is 0 Å². The number of ether oxygens (including phenoxy) is 1. The fraction of sp³-hybridized carbons (Fsp3) is 0.259. The summed E-state index contributed by atoms with van der Waals surface area (Å²) in [5.41, 5.74) is 4.05. The number of amides is 2. The van der Waals surface area contributed by atoms with Gasteiger partial charge in [-0.1, -0.05) is 42.5 Å². The van der Waals surface area contributed by atoms with Gasteiger partial charge in [-0.2, -0.15) is 0 Å². The number of rotatable bonds is 7. The van der Waals surface area contributed by atoms with Gasteiger partial charge in [0.15, 0.2) is 6.61 Å². The average molecular weight is 444 g/mol. The predicted octanol–water partition coefficient (Wildman–Crippen LogP) is 4.43. The molecule has 1 fully saturated rings. The SMILES string of the molecule is CC(=O)N(C)C1CCN(c2ccc(NC(=O)COc3ccc(-c4ccccc4)cc3)cc2)C1. The number of carbonyl (C=O) groups excluding carboxylic acids is 2. The van der Waals surface area contributed by atoms with E-state index >= 15 is 0 Å². The molecule has 6 heteroatoms. The second-order valence-electron chi connectivity index (χ2n) is 8.29. The lowest BCUT2D eigenvalue weighted by Gasteiger charge is -2.24. The highest BCUT2D eigenvalue weighted by Crippen LogP contribution is 2.25. The van der Waals surface area contributed by atoms with Crippen molar-refractivity contribution < 1.29 is 14.3 Å². The third-order valence-electron chi connectivity index (χ3n) is 6.06. The second kappa shape index (κ2) is 10.2. The van der Waals surface area contributed by atoms with Gasteiger partial charge in [-0.3, -0.25) is 9.59 Å². The standard InChI is InChI=1S/C27H29N3O3/c1-20(31)29(2)25-16-17-30(18-25)24-12-10-23(11-13-24)28-27(32)19-33-26-14-8-22(9-15-26)21-6-4-3-5-7-21/h3-15,25H,16-19H2,1-2H3,(H,28,32). The smallest absolute Gasteiger partial charge is 0.262 e. The Labute approximate surface area is 194 Å². The van der Waals surface area contributed by atoms with E-state index in [1.165, 1.54) is 0 Å². The quantitative estimate of drug-likeness (QED) is 0.587. The van der Waals surface area contributed by atoms with Crippen molar-refractivity contribution in [3.63, 3.8) is 0 Å². The molecule has 3 aromatic rings. The molecule has 3 aromatic carbocycles. The van der Waals surface area contributed by atoms with Gasteiger partial charge in [0.2, 0.25) is 5.91 Å². The van der Waals surface area contributed by atoms with Crippen molar-refractivity contribution >= 4 is 23.2 Å². The number of hydrogen-bond donors (Lipinski definition) is 1. The maximum absolute atomic E-state index is 12.3. The first-order valence-corrected chi connectivity index (χ1v) is 11.2. The van der Waals surface area contributed by atoms with E-state index in [9.17, 15) is 9.59 Å². The molecule has 4 rings (SSSR count). The van der Waals surface area contributed by atoms with Gasteiger partial charge in [0, 0.05) is 38.4 Å². The van der Waals surface area contributed by atoms with Gasteiger partial charge in [0.05, 0.1) is 6.04 Å². The summed E-state index contributed by atoms with van der Waals surface area (Å²) in [6, 6.07) is 25.8. The molecule has 1 saturated heterocycles. The Hall–Kier alpha value is -3.80. The lowest BCUT2D eigenvalue weighted by molar-refractivity contribution is -0.129. The number of benzene rings is 3. The number of carbonyl (C=O) groups is 2. The van der Waals surface area contributed by atoms with Gasteiger partial charge >= 0.3 is 0 Å². The van der Waals surface area contributed by atoms with E-state index < -0.39 is 0 Å². The molecule has 0 spiro atoms. The summed E-state index contributed by atoms with van der Waals surface area (Å²) in [7, 11) is 1.86. The minimum Gasteiger partial charge on any atom is -0.484 e. The van der Waals surface area contributed by atoms with Gasteiger partial charge in [-0.25, -0.2) is 0 Å². The number of likely N-dealkylation sites (N-methyl/N-ethyl adjacent to an activating group) is 1. The molecule has 6 nitrogen and oxygen atoms in total. The van der Waals surface area contributed by atoms with E-state index in [-0.39, 0.29) is 24.5 Å². The fourth-order valence-corrected chi connectivity index (χ4v) is 4.03. The lowest BCUT2D eigenvalue weighted by Crippen LogP contribution is -2.37. The molecule has 170 valence electrons. The molecule has 33 heavy (non-hydrogen) atoms. The van der Waals surface area contributed by atoms with Gasteiger partial charge in [0.25, 0.3) is 5.91 Å². The largest absolute Gasteiger partial charge is 0.484 e. The van der Waals surface area contributed by atoms with E-state index in [1.807, 2.05) is 78.7 Å². The molecule has 1 aliphatic heterocycles. The van der Waals surface area contributed by atoms with E-state index in [0.717, 1.165) is 42.0 Å². The predicted molar refractivity (Wildman–Crippen MR) is 132 cm³/mol. The van der Waals surface area contributed by atoms with Gasteiger partial charge < -0.3 is 19.9 Å². The van der Waals surface area contributed by atoms with Crippen LogP contribution in [0.15, 0.2) is 78.9 Å². The summed E-state index contributed by atoms with van der Waals surface area (Å²) >= 11 is 0. The molecule has 0 aromatic heterocycles. The van der Waals surface area contributed by atoms with Crippen LogP contribution in [0.4, 0.5) is 11.4 Å². The van der Waals surface area contributed by atoms with E-state index in [4.69, 9.17) is 4.74 Å². The van der Waals surface area contributed by atoms with E-state index in [0.29, 0.717) is 5.75 Å². The molecule has 0 bridgehead atoms. The minimum atomic E-state index is -0.209. The van der Waals surface area contributed by atoms with Crippen molar-refractivity contribution in [1.82, 2.24) is 4.90 Å². The highest BCUT2D eigenvalue weighted by Gasteiger charge is 2.27. The van der Waals surface area contributed by atoms with Crippen molar-refractivity contribution in [1.29, 1.82) is 0 Å². The van der Waals surface area contributed by atoms with Gasteiger partial charge in [0.1, 0.15) is 5.75 Å². The third-order valence-corrected chi connectivity index (χ3v) is 6.06. The molecule has 0 radical (unpaired) electrons. The summed E-state index contributed by atoms with van der Waals surface area (Å²) in [5, 5.41) is 2.87. The highest BCUT2D eigenvalue weighted by atomic mass is 16.5. The van der Waals surface area contributed by atoms with E-state index in [1.54, 1.807) is 6.92 Å². The summed E-state index contributed by atoms with van der Waals surface area (Å²) in [5.74, 6) is 0.535. The molecular weight excluding hydrogens is 414 g/mol. The first-order chi connectivity index (χ1) is 16.0. The maximum Gasteiger partial charge on any atom is 0.262 e. The molecule has 0 aliphatic carbocycles. The molecule has 1 heterocycles. The zero-order valence-electron chi connectivity index (χ0n) is 19.0. The van der Waals surface area contributed by atoms with Crippen LogP contribution in [0.3, 0.4) is 0 Å². The third kappa shape index (κ3) is 5.71. The van der Waals surface area contributed by atoms with Crippen LogP contribution in [-0.2, 0) is 9.59 Å². The summed E-state index contributed by atoms with van der Waals surface area (Å²) in [4.78, 5) is 28.0. The molecule has 0 saturated carbocycles. The topological polar surface area (TPSA) is 61.9 Å². The van der Waals surface area contributed by atoms with Gasteiger partial charge in [-0.05, 0) is 53.9 Å². The number of hydrogen-bond acceptors (Lipinski definition) is 4. The molecule has 1 N–H and O–H groups in total. The number of nitrogens with zero attached hydrogens (tertiary/aromatic N) is 2. The summed E-state index contributed by atoms with van der Waals surface area (Å²) < 4.78 is 5.64. The zero-order chi connectivity index (χ0) is 23.2. The monoisotopic (exact) mass is 443 g/mol. The molecule has 1 atom stereocenters. The van der Waals surface area contributed by atoms with Crippen molar-refractivity contribution in [2.45, 2.75) is 19.4 Å². The highest BCUT2D eigenvalue weighted by molar-refractivity contribution is 5.92. The van der Waals surface area contributed by atoms with Crippen LogP contribution in [-0.4, -0.2) is 49.5 Å². The molecular formula is C27H29N3O3. The molecule has 1 unspecified atom stereocenters. The first-order valence-electron chi connectivity index (χ1n) is 11.2. The van der Waals surface area contributed by atoms with Crippen molar-refractivity contribution in [2.75, 3.05) is 37.0 Å². The van der Waals surface area contributed by atoms with Crippen LogP contribution in [0.5, 0.6) is 5.75 Å². The van der Waals surface area contributed by atoms with E-state index in [2.05, 4.69) is 22.3 Å². The maximum atomic E-state index is 12.3. The molecule has 1 aliphatic rings. The second-order valence-corrected chi connectivity index (χ2v) is 8.29. The Morgan fingerprint density at radius 3 is 2.30 bits per heavy atom. The van der Waals surface area contributed by atoms with Crippen LogP contribution in [0.25, 0.3) is 11.1 Å². The molecule has 2 amide bonds. The van der Waals surface area contributed by atoms with Crippen LogP contribution in [0.1, 0.15) is 13.3 Å². The van der Waals surface area contributed by atoms with Crippen molar-refractivity contribution in [3.8, 4) is 16.9 Å². The Balaban J connectivity index is 1.26. The van der Waals surface area contributed by atoms with Crippen LogP contribution < -0.4 is 15.0 Å². The fourth-order valence-electron chi connectivity index (χ4n) is 4.03. The Morgan fingerprint density at radius 2 is 1.64 bits per heavy atom. The lowest BCUT2D eigenvalue weighted by atomic mass is 10.1. The normalized spacial score (nSPS) is 15.2. The van der Waals surface area contributed by atoms with Crippen molar-refractivity contribution in [2.24, 2.45) is 0 Å². The van der Waals surface area contributed by atoms with Crippen LogP contribution in [0.2, 0.25) is 0 Å². The van der Waals surface area contributed by atoms with Crippen LogP contribution >= 0.6 is 0 Å². The number of anilines is 2. The van der Waals surface area contributed by atoms with Crippen molar-refractivity contribution in [3.05, 3.63) is 78.9 Å². The Bertz CT molecular complexity index is 1080. The average Bonchev–Trinajstić information content (AvgIpc) is 3.34. The zero-order valence-corrected chi connectivity index (χ0v) is 19.0. The first kappa shape index (κ1) is 22.4. The minimum absolute atomic E-state index is 0.0579. The number of nitrogens with one attached hydrogen (secondary N) is 1. The summed E-state index contributed by atoms with van der Waals surface area (Å²) in [6.07, 6.45) is 0.957. The Kier molecular flexibility index (Phi) is 6.93. The Morgan fingerprint density at radius 1 is 0.970 bits per heavy atom. The van der Waals surface area contributed by atoms with Gasteiger partial charge in [-0.15, -0.1) is 0 Å². The summed E-state index contributed by atoms with van der Waals surface area (Å²) in [6.45, 7) is 3.27.